The van der Waals surface area contributed by atoms with Gasteiger partial charge in [-0.3, -0.25) is 9.59 Å². The average Bonchev–Trinajstić information content (AvgIpc) is 3.29. The summed E-state index contributed by atoms with van der Waals surface area (Å²) in [6, 6.07) is 13.5. The first-order valence-electron chi connectivity index (χ1n) is 13.2. The highest BCUT2D eigenvalue weighted by molar-refractivity contribution is 6.30. The monoisotopic (exact) mass is 518 g/mol. The van der Waals surface area contributed by atoms with E-state index in [-0.39, 0.29) is 23.5 Å². The number of esters is 1. The van der Waals surface area contributed by atoms with Gasteiger partial charge in [0.25, 0.3) is 0 Å². The normalized spacial score (nSPS) is 26.7. The number of ketones is 1. The summed E-state index contributed by atoms with van der Waals surface area (Å²) in [6.07, 6.45) is 8.61. The Hall–Kier alpha value is -3.12. The maximum Gasteiger partial charge on any atom is 0.329 e. The number of carbonyl (C=O) groups is 3. The highest BCUT2D eigenvalue weighted by atomic mass is 35.5. The van der Waals surface area contributed by atoms with Crippen molar-refractivity contribution in [3.8, 4) is 0 Å². The Morgan fingerprint density at radius 2 is 1.62 bits per heavy atom. The van der Waals surface area contributed by atoms with E-state index in [1.807, 2.05) is 30.5 Å². The number of Topliss-reactive ketones (excluding diaryl/α,β-unsaturated/α-hetero) is 1. The Morgan fingerprint density at radius 3 is 2.30 bits per heavy atom. The zero-order valence-corrected chi connectivity index (χ0v) is 21.4. The van der Waals surface area contributed by atoms with Crippen molar-refractivity contribution < 1.29 is 19.1 Å². The van der Waals surface area contributed by atoms with Gasteiger partial charge >= 0.3 is 5.97 Å². The number of hydrogen-bond donors (Lipinski definition) is 2. The van der Waals surface area contributed by atoms with E-state index in [9.17, 15) is 14.4 Å². The van der Waals surface area contributed by atoms with Crippen LogP contribution in [0.3, 0.4) is 0 Å². The molecule has 7 rings (SSSR count). The Kier molecular flexibility index (Phi) is 6.31. The molecule has 0 unspecified atom stereocenters. The van der Waals surface area contributed by atoms with Crippen LogP contribution in [0, 0.1) is 23.2 Å². The largest absolute Gasteiger partial charge is 0.456 e. The quantitative estimate of drug-likeness (QED) is 0.305. The lowest BCUT2D eigenvalue weighted by atomic mass is 9.49. The molecule has 1 heterocycles. The summed E-state index contributed by atoms with van der Waals surface area (Å²) in [5.41, 5.74) is 1.93. The molecule has 2 N–H and O–H groups in total. The minimum atomic E-state index is -0.877. The van der Waals surface area contributed by atoms with Crippen LogP contribution in [0.25, 0.3) is 10.9 Å². The van der Waals surface area contributed by atoms with Crippen LogP contribution in [0.2, 0.25) is 5.02 Å². The molecule has 4 saturated carbocycles. The molecule has 4 fully saturated rings. The summed E-state index contributed by atoms with van der Waals surface area (Å²) < 4.78 is 5.48. The first-order chi connectivity index (χ1) is 17.9. The third-order valence-electron chi connectivity index (χ3n) is 8.72. The number of fused-ring (bicyclic) bond motifs is 1. The minimum absolute atomic E-state index is 0.0302. The van der Waals surface area contributed by atoms with Gasteiger partial charge < -0.3 is 15.0 Å². The van der Waals surface area contributed by atoms with Crippen molar-refractivity contribution in [3.05, 3.63) is 70.9 Å². The number of aromatic amines is 1. The zero-order valence-electron chi connectivity index (χ0n) is 20.7. The summed E-state index contributed by atoms with van der Waals surface area (Å²) in [7, 11) is 0. The van der Waals surface area contributed by atoms with E-state index in [0.29, 0.717) is 28.3 Å². The summed E-state index contributed by atoms with van der Waals surface area (Å²) in [4.78, 5) is 43.0. The minimum Gasteiger partial charge on any atom is -0.456 e. The van der Waals surface area contributed by atoms with Crippen LogP contribution in [0.5, 0.6) is 0 Å². The molecule has 1 atom stereocenters. The molecule has 3 aromatic rings. The van der Waals surface area contributed by atoms with E-state index in [2.05, 4.69) is 10.3 Å². The van der Waals surface area contributed by atoms with Gasteiger partial charge in [-0.25, -0.2) is 4.79 Å². The topological polar surface area (TPSA) is 88.3 Å². The fourth-order valence-electron chi connectivity index (χ4n) is 7.37. The standard InChI is InChI=1S/C30H31ClN2O4/c31-23-7-5-21(6-8-23)27(34)17-37-28(35)26(12-22-16-32-25-4-2-1-3-24(22)25)33-29(36)30-13-18-9-19(14-30)11-20(10-18)15-30/h1-8,16,18-20,26,32H,9-15,17H2,(H,33,36)/t18?,19?,20?,26-,30?/m1/s1. The van der Waals surface area contributed by atoms with Gasteiger partial charge in [-0.1, -0.05) is 29.8 Å². The van der Waals surface area contributed by atoms with Gasteiger partial charge in [0, 0.05) is 39.5 Å². The average molecular weight is 519 g/mol. The third-order valence-corrected chi connectivity index (χ3v) is 8.97. The number of aromatic nitrogens is 1. The summed E-state index contributed by atoms with van der Waals surface area (Å²) in [5.74, 6) is 0.917. The molecule has 0 saturated heterocycles. The van der Waals surface area contributed by atoms with Crippen LogP contribution in [-0.2, 0) is 20.7 Å². The summed E-state index contributed by atoms with van der Waals surface area (Å²) in [5, 5.41) is 4.62. The summed E-state index contributed by atoms with van der Waals surface area (Å²) in [6.45, 7) is -0.391. The second kappa shape index (κ2) is 9.64. The highest BCUT2D eigenvalue weighted by Crippen LogP contribution is 2.60. The van der Waals surface area contributed by atoms with Crippen LogP contribution in [-0.4, -0.2) is 35.3 Å². The van der Waals surface area contributed by atoms with E-state index in [4.69, 9.17) is 16.3 Å². The summed E-state index contributed by atoms with van der Waals surface area (Å²) >= 11 is 5.92. The first kappa shape index (κ1) is 24.2. The van der Waals surface area contributed by atoms with Crippen LogP contribution in [0.4, 0.5) is 0 Å². The molecule has 6 nitrogen and oxygen atoms in total. The molecule has 0 spiro atoms. The lowest BCUT2D eigenvalue weighted by molar-refractivity contribution is -0.153. The number of nitrogens with one attached hydrogen (secondary N) is 2. The Balaban J connectivity index is 1.20. The van der Waals surface area contributed by atoms with E-state index < -0.39 is 18.6 Å². The van der Waals surface area contributed by atoms with Crippen molar-refractivity contribution in [2.45, 2.75) is 51.0 Å². The Morgan fingerprint density at radius 1 is 0.973 bits per heavy atom. The lowest BCUT2D eigenvalue weighted by Crippen LogP contribution is -2.56. The number of H-pyrrole nitrogens is 1. The molecule has 1 amide bonds. The Labute approximate surface area is 221 Å². The van der Waals surface area contributed by atoms with E-state index in [1.54, 1.807) is 24.3 Å². The second-order valence-electron chi connectivity index (χ2n) is 11.3. The molecule has 192 valence electrons. The van der Waals surface area contributed by atoms with Crippen molar-refractivity contribution in [2.24, 2.45) is 23.2 Å². The smallest absolute Gasteiger partial charge is 0.329 e. The first-order valence-corrected chi connectivity index (χ1v) is 13.6. The maximum absolute atomic E-state index is 13.8. The number of hydrogen-bond acceptors (Lipinski definition) is 4. The maximum atomic E-state index is 13.8. The predicted molar refractivity (Wildman–Crippen MR) is 141 cm³/mol. The van der Waals surface area contributed by atoms with Crippen molar-refractivity contribution in [2.75, 3.05) is 6.61 Å². The molecule has 0 radical (unpaired) electrons. The highest BCUT2D eigenvalue weighted by Gasteiger charge is 2.55. The van der Waals surface area contributed by atoms with Crippen LogP contribution >= 0.6 is 11.6 Å². The van der Waals surface area contributed by atoms with E-state index >= 15 is 0 Å². The molecule has 7 heteroatoms. The molecule has 37 heavy (non-hydrogen) atoms. The number of amides is 1. The SMILES string of the molecule is O=C(COC(=O)[C@@H](Cc1c[nH]c2ccccc12)NC(=O)C12CC3CC(CC(C3)C1)C2)c1ccc(Cl)cc1. The predicted octanol–water partition coefficient (Wildman–Crippen LogP) is 5.49. The van der Waals surface area contributed by atoms with Gasteiger partial charge in [-0.15, -0.1) is 0 Å². The number of benzene rings is 2. The molecule has 4 aliphatic carbocycles. The van der Waals surface area contributed by atoms with Crippen LogP contribution in [0.15, 0.2) is 54.7 Å². The van der Waals surface area contributed by atoms with Gasteiger partial charge in [0.05, 0.1) is 0 Å². The van der Waals surface area contributed by atoms with Gasteiger partial charge in [-0.05, 0) is 92.2 Å². The van der Waals surface area contributed by atoms with Gasteiger partial charge in [0.15, 0.2) is 12.4 Å². The molecule has 4 aliphatic rings. The number of rotatable bonds is 8. The van der Waals surface area contributed by atoms with E-state index in [1.165, 1.54) is 19.3 Å². The fourth-order valence-corrected chi connectivity index (χ4v) is 7.50. The van der Waals surface area contributed by atoms with E-state index in [0.717, 1.165) is 35.7 Å². The van der Waals surface area contributed by atoms with Gasteiger partial charge in [0.1, 0.15) is 6.04 Å². The van der Waals surface area contributed by atoms with Crippen molar-refractivity contribution in [3.63, 3.8) is 0 Å². The van der Waals surface area contributed by atoms with Crippen LogP contribution < -0.4 is 5.32 Å². The number of halogens is 1. The Bertz CT molecular complexity index is 1310. The lowest BCUT2D eigenvalue weighted by Gasteiger charge is -2.55. The fraction of sp³-hybridized carbons (Fsp3) is 0.433. The van der Waals surface area contributed by atoms with Gasteiger partial charge in [0.2, 0.25) is 5.91 Å². The molecule has 1 aromatic heterocycles. The van der Waals surface area contributed by atoms with Crippen molar-refractivity contribution in [1.29, 1.82) is 0 Å². The molecular weight excluding hydrogens is 488 g/mol. The molecule has 2 aromatic carbocycles. The van der Waals surface area contributed by atoms with Crippen LogP contribution in [0.1, 0.15) is 54.4 Å². The number of para-hydroxylation sites is 1. The zero-order chi connectivity index (χ0) is 25.6. The number of ether oxygens (including phenoxy) is 1. The molecule has 0 aliphatic heterocycles. The van der Waals surface area contributed by atoms with Crippen molar-refractivity contribution in [1.82, 2.24) is 10.3 Å². The van der Waals surface area contributed by atoms with Crippen molar-refractivity contribution >= 4 is 40.2 Å². The second-order valence-corrected chi connectivity index (χ2v) is 11.8. The number of carbonyl (C=O) groups excluding carboxylic acids is 3. The molecular formula is C30H31ClN2O4. The van der Waals surface area contributed by atoms with Gasteiger partial charge in [-0.2, -0.15) is 0 Å². The molecule has 4 bridgehead atoms. The third kappa shape index (κ3) is 4.79.